The fraction of sp³-hybridized carbons (Fsp3) is 0.250. The molecule has 1 aromatic carbocycles. The van der Waals surface area contributed by atoms with E-state index in [0.29, 0.717) is 11.6 Å². The molecule has 0 unspecified atom stereocenters. The summed E-state index contributed by atoms with van der Waals surface area (Å²) < 4.78 is 0. The quantitative estimate of drug-likeness (QED) is 0.690. The van der Waals surface area contributed by atoms with Gasteiger partial charge in [-0.1, -0.05) is 6.07 Å². The number of hydrogen-bond donors (Lipinski definition) is 1. The Kier molecular flexibility index (Phi) is 2.02. The van der Waals surface area contributed by atoms with Gasteiger partial charge in [-0.3, -0.25) is 0 Å². The maximum absolute atomic E-state index is 4.51. The number of tetrazole rings is 1. The van der Waals surface area contributed by atoms with Gasteiger partial charge in [0.05, 0.1) is 12.6 Å². The van der Waals surface area contributed by atoms with E-state index in [9.17, 15) is 0 Å². The summed E-state index contributed by atoms with van der Waals surface area (Å²) in [6, 6.07) is 4.13. The van der Waals surface area contributed by atoms with Crippen molar-refractivity contribution in [2.45, 2.75) is 6.42 Å². The van der Waals surface area contributed by atoms with Crippen LogP contribution in [0.15, 0.2) is 18.3 Å². The van der Waals surface area contributed by atoms with Crippen LogP contribution in [-0.2, 0) is 13.5 Å². The lowest BCUT2D eigenvalue weighted by Crippen LogP contribution is -1.96. The molecule has 2 aromatic heterocycles. The number of anilines is 1. The van der Waals surface area contributed by atoms with Crippen molar-refractivity contribution in [2.75, 3.05) is 11.9 Å². The Balaban J connectivity index is 1.91. The number of rotatable bonds is 1. The Morgan fingerprint density at radius 3 is 3.05 bits per heavy atom. The van der Waals surface area contributed by atoms with E-state index in [1.165, 1.54) is 10.4 Å². The van der Waals surface area contributed by atoms with Gasteiger partial charge in [-0.25, -0.2) is 9.97 Å². The van der Waals surface area contributed by atoms with Gasteiger partial charge in [0.15, 0.2) is 0 Å². The lowest BCUT2D eigenvalue weighted by atomic mass is 10.1. The van der Waals surface area contributed by atoms with Crippen LogP contribution < -0.4 is 5.32 Å². The average molecular weight is 253 g/mol. The molecular formula is C12H11N7. The molecule has 19 heavy (non-hydrogen) atoms. The molecular weight excluding hydrogens is 242 g/mol. The second-order valence-electron chi connectivity index (χ2n) is 4.51. The molecule has 0 saturated heterocycles. The van der Waals surface area contributed by atoms with E-state index in [1.807, 2.05) is 12.3 Å². The zero-order chi connectivity index (χ0) is 12.8. The molecule has 0 bridgehead atoms. The van der Waals surface area contributed by atoms with Gasteiger partial charge in [-0.2, -0.15) is 4.80 Å². The third-order valence-electron chi connectivity index (χ3n) is 3.26. The highest BCUT2D eigenvalue weighted by molar-refractivity contribution is 5.94. The van der Waals surface area contributed by atoms with E-state index < -0.39 is 0 Å². The SMILES string of the molecule is Cn1nnc(-c2ncc3c4c(ccc3n2)CCN4)n1. The van der Waals surface area contributed by atoms with Crippen molar-refractivity contribution in [3.63, 3.8) is 0 Å². The van der Waals surface area contributed by atoms with Crippen molar-refractivity contribution in [3.8, 4) is 11.6 Å². The Bertz CT molecular complexity index is 777. The van der Waals surface area contributed by atoms with E-state index in [0.717, 1.165) is 29.6 Å². The number of aryl methyl sites for hydroxylation is 1. The standard InChI is InChI=1S/C12H11N7/c1-19-17-12(16-18-19)11-14-6-8-9(15-11)3-2-7-4-5-13-10(7)8/h2-3,6,13H,4-5H2,1H3. The highest BCUT2D eigenvalue weighted by Gasteiger charge is 2.15. The van der Waals surface area contributed by atoms with Crippen LogP contribution in [0.25, 0.3) is 22.6 Å². The van der Waals surface area contributed by atoms with E-state index in [4.69, 9.17) is 0 Å². The molecule has 94 valence electrons. The summed E-state index contributed by atoms with van der Waals surface area (Å²) in [7, 11) is 1.72. The fourth-order valence-corrected chi connectivity index (χ4v) is 2.37. The summed E-state index contributed by atoms with van der Waals surface area (Å²) >= 11 is 0. The summed E-state index contributed by atoms with van der Waals surface area (Å²) in [4.78, 5) is 10.2. The van der Waals surface area contributed by atoms with Crippen LogP contribution in [0.5, 0.6) is 0 Å². The van der Waals surface area contributed by atoms with Gasteiger partial charge < -0.3 is 5.32 Å². The molecule has 0 atom stereocenters. The van der Waals surface area contributed by atoms with Crippen LogP contribution in [0.4, 0.5) is 5.69 Å². The van der Waals surface area contributed by atoms with Crippen molar-refractivity contribution in [2.24, 2.45) is 7.05 Å². The summed E-state index contributed by atoms with van der Waals surface area (Å²) in [6.45, 7) is 0.974. The van der Waals surface area contributed by atoms with Crippen molar-refractivity contribution in [1.29, 1.82) is 0 Å². The van der Waals surface area contributed by atoms with Crippen LogP contribution in [0.3, 0.4) is 0 Å². The van der Waals surface area contributed by atoms with Crippen molar-refractivity contribution in [1.82, 2.24) is 30.2 Å². The highest BCUT2D eigenvalue weighted by Crippen LogP contribution is 2.30. The molecule has 7 nitrogen and oxygen atoms in total. The van der Waals surface area contributed by atoms with Gasteiger partial charge in [-0.05, 0) is 23.3 Å². The number of hydrogen-bond acceptors (Lipinski definition) is 6. The first-order valence-electron chi connectivity index (χ1n) is 6.08. The van der Waals surface area contributed by atoms with Crippen molar-refractivity contribution >= 4 is 16.6 Å². The molecule has 0 spiro atoms. The third-order valence-corrected chi connectivity index (χ3v) is 3.26. The zero-order valence-electron chi connectivity index (χ0n) is 10.3. The van der Waals surface area contributed by atoms with E-state index in [-0.39, 0.29) is 0 Å². The highest BCUT2D eigenvalue weighted by atomic mass is 15.6. The molecule has 0 aliphatic carbocycles. The number of fused-ring (bicyclic) bond motifs is 3. The molecule has 1 aliphatic rings. The maximum Gasteiger partial charge on any atom is 0.242 e. The second-order valence-corrected chi connectivity index (χ2v) is 4.51. The van der Waals surface area contributed by atoms with Crippen LogP contribution in [0.1, 0.15) is 5.56 Å². The average Bonchev–Trinajstić information content (AvgIpc) is 3.06. The zero-order valence-corrected chi connectivity index (χ0v) is 10.3. The lowest BCUT2D eigenvalue weighted by molar-refractivity contribution is 0.630. The largest absolute Gasteiger partial charge is 0.384 e. The van der Waals surface area contributed by atoms with E-state index in [1.54, 1.807) is 7.05 Å². The van der Waals surface area contributed by atoms with Crippen molar-refractivity contribution < 1.29 is 0 Å². The molecule has 4 rings (SSSR count). The Morgan fingerprint density at radius 1 is 1.26 bits per heavy atom. The molecule has 1 aliphatic heterocycles. The Hall–Kier alpha value is -2.57. The molecule has 0 fully saturated rings. The predicted octanol–water partition coefficient (Wildman–Crippen LogP) is 0.788. The minimum absolute atomic E-state index is 0.442. The Morgan fingerprint density at radius 2 is 2.21 bits per heavy atom. The first-order valence-corrected chi connectivity index (χ1v) is 6.08. The molecule has 0 amide bonds. The summed E-state index contributed by atoms with van der Waals surface area (Å²) in [5, 5.41) is 16.3. The van der Waals surface area contributed by atoms with Gasteiger partial charge in [0, 0.05) is 23.8 Å². The number of nitrogens with one attached hydrogen (secondary N) is 1. The summed E-state index contributed by atoms with van der Waals surface area (Å²) in [5.74, 6) is 0.941. The molecule has 7 heteroatoms. The summed E-state index contributed by atoms with van der Waals surface area (Å²) in [5.41, 5.74) is 3.36. The van der Waals surface area contributed by atoms with E-state index >= 15 is 0 Å². The number of aromatic nitrogens is 6. The molecule has 1 N–H and O–H groups in total. The lowest BCUT2D eigenvalue weighted by Gasteiger charge is -2.05. The van der Waals surface area contributed by atoms with Gasteiger partial charge in [0.2, 0.25) is 11.6 Å². The maximum atomic E-state index is 4.51. The first-order chi connectivity index (χ1) is 9.31. The Labute approximate surface area is 108 Å². The minimum atomic E-state index is 0.442. The smallest absolute Gasteiger partial charge is 0.242 e. The number of benzene rings is 1. The van der Waals surface area contributed by atoms with Gasteiger partial charge in [-0.15, -0.1) is 10.2 Å². The van der Waals surface area contributed by atoms with Crippen LogP contribution in [0.2, 0.25) is 0 Å². The van der Waals surface area contributed by atoms with Crippen LogP contribution in [-0.4, -0.2) is 36.7 Å². The molecule has 3 aromatic rings. The van der Waals surface area contributed by atoms with Gasteiger partial charge in [0.1, 0.15) is 0 Å². The summed E-state index contributed by atoms with van der Waals surface area (Å²) in [6.07, 6.45) is 2.88. The van der Waals surface area contributed by atoms with Gasteiger partial charge >= 0.3 is 0 Å². The molecule has 0 radical (unpaired) electrons. The third kappa shape index (κ3) is 1.55. The van der Waals surface area contributed by atoms with Crippen molar-refractivity contribution in [3.05, 3.63) is 23.9 Å². The van der Waals surface area contributed by atoms with E-state index in [2.05, 4.69) is 36.8 Å². The van der Waals surface area contributed by atoms with Gasteiger partial charge in [0.25, 0.3) is 0 Å². The second kappa shape index (κ2) is 3.71. The predicted molar refractivity (Wildman–Crippen MR) is 69.5 cm³/mol. The number of nitrogens with zero attached hydrogens (tertiary/aromatic N) is 6. The topological polar surface area (TPSA) is 81.4 Å². The molecule has 3 heterocycles. The monoisotopic (exact) mass is 253 g/mol. The van der Waals surface area contributed by atoms with Crippen LogP contribution in [0, 0.1) is 0 Å². The minimum Gasteiger partial charge on any atom is -0.384 e. The van der Waals surface area contributed by atoms with Crippen LogP contribution >= 0.6 is 0 Å². The fourth-order valence-electron chi connectivity index (χ4n) is 2.37. The first kappa shape index (κ1) is 10.4. The molecule has 0 saturated carbocycles. The normalized spacial score (nSPS) is 13.5.